The molecule has 4 amide bonds. The zero-order valence-electron chi connectivity index (χ0n) is 15.2. The van der Waals surface area contributed by atoms with Gasteiger partial charge in [0.1, 0.15) is 0 Å². The quantitative estimate of drug-likeness (QED) is 0.617. The third-order valence-corrected chi connectivity index (χ3v) is 6.03. The van der Waals surface area contributed by atoms with E-state index in [1.54, 1.807) is 0 Å². The Labute approximate surface area is 153 Å². The second-order valence-corrected chi connectivity index (χ2v) is 7.73. The minimum atomic E-state index is -0.674. The van der Waals surface area contributed by atoms with Gasteiger partial charge in [-0.2, -0.15) is 0 Å². The molecule has 1 aliphatic carbocycles. The Kier molecular flexibility index (Phi) is 4.53. The van der Waals surface area contributed by atoms with Gasteiger partial charge in [-0.15, -0.1) is 0 Å². The third kappa shape index (κ3) is 2.92. The van der Waals surface area contributed by atoms with E-state index < -0.39 is 17.8 Å². The van der Waals surface area contributed by atoms with Crippen LogP contribution in [-0.4, -0.2) is 51.8 Å². The van der Waals surface area contributed by atoms with Crippen LogP contribution in [0.25, 0.3) is 0 Å². The van der Waals surface area contributed by atoms with Gasteiger partial charge in [-0.3, -0.25) is 19.4 Å². The Bertz CT molecular complexity index is 748. The number of amides is 4. The van der Waals surface area contributed by atoms with E-state index in [9.17, 15) is 14.4 Å². The van der Waals surface area contributed by atoms with Crippen LogP contribution in [0.2, 0.25) is 0 Å². The highest BCUT2D eigenvalue weighted by molar-refractivity contribution is 6.44. The van der Waals surface area contributed by atoms with Gasteiger partial charge < -0.3 is 0 Å². The maximum Gasteiger partial charge on any atom is 0.335 e. The summed E-state index contributed by atoms with van der Waals surface area (Å²) in [4.78, 5) is 42.3. The minimum absolute atomic E-state index is 0.139. The Morgan fingerprint density at radius 1 is 1.00 bits per heavy atom. The Morgan fingerprint density at radius 3 is 2.50 bits per heavy atom. The lowest BCUT2D eigenvalue weighted by molar-refractivity contribution is -0.145. The fraction of sp³-hybridized carbons (Fsp3) is 0.550. The summed E-state index contributed by atoms with van der Waals surface area (Å²) in [5.41, 5.74) is 2.54. The van der Waals surface area contributed by atoms with Gasteiger partial charge in [0.05, 0.1) is 6.67 Å². The van der Waals surface area contributed by atoms with Gasteiger partial charge in [-0.1, -0.05) is 44.0 Å². The van der Waals surface area contributed by atoms with Crippen LogP contribution in [0.15, 0.2) is 24.3 Å². The summed E-state index contributed by atoms with van der Waals surface area (Å²) >= 11 is 0. The van der Waals surface area contributed by atoms with E-state index in [0.717, 1.165) is 43.5 Å². The second-order valence-electron chi connectivity index (χ2n) is 7.73. The van der Waals surface area contributed by atoms with E-state index in [1.165, 1.54) is 16.0 Å². The summed E-state index contributed by atoms with van der Waals surface area (Å²) in [5, 5.41) is 0. The molecule has 4 rings (SSSR count). The summed E-state index contributed by atoms with van der Waals surface area (Å²) < 4.78 is 0. The molecule has 138 valence electrons. The van der Waals surface area contributed by atoms with Crippen molar-refractivity contribution in [3.8, 4) is 0 Å². The first-order valence-electron chi connectivity index (χ1n) is 9.54. The van der Waals surface area contributed by atoms with E-state index in [-0.39, 0.29) is 18.6 Å². The predicted octanol–water partition coefficient (Wildman–Crippen LogP) is 2.37. The Balaban J connectivity index is 1.48. The number of nitrogens with zero attached hydrogens (tertiary/aromatic N) is 3. The summed E-state index contributed by atoms with van der Waals surface area (Å²) in [5.74, 6) is -1.07. The van der Waals surface area contributed by atoms with Crippen LogP contribution in [0, 0.1) is 5.92 Å². The molecule has 2 heterocycles. The van der Waals surface area contributed by atoms with Crippen molar-refractivity contribution in [1.29, 1.82) is 0 Å². The predicted molar refractivity (Wildman–Crippen MR) is 95.9 cm³/mol. The maximum absolute atomic E-state index is 12.9. The van der Waals surface area contributed by atoms with Crippen molar-refractivity contribution in [2.45, 2.75) is 51.6 Å². The smallest absolute Gasteiger partial charge is 0.281 e. The number of benzene rings is 1. The molecule has 6 nitrogen and oxygen atoms in total. The van der Waals surface area contributed by atoms with Crippen molar-refractivity contribution in [2.75, 3.05) is 13.2 Å². The summed E-state index contributed by atoms with van der Waals surface area (Å²) in [6.07, 6.45) is 4.82. The maximum atomic E-state index is 12.9. The molecule has 0 aromatic heterocycles. The fourth-order valence-electron chi connectivity index (χ4n) is 4.49. The lowest BCUT2D eigenvalue weighted by atomic mass is 9.85. The molecule has 1 aromatic carbocycles. The zero-order valence-corrected chi connectivity index (χ0v) is 15.2. The molecule has 6 heteroatoms. The molecule has 0 N–H and O–H groups in total. The molecule has 0 bridgehead atoms. The lowest BCUT2D eigenvalue weighted by Crippen LogP contribution is -2.47. The largest absolute Gasteiger partial charge is 0.335 e. The molecular formula is C20H25N3O3. The number of hydrogen-bond acceptors (Lipinski definition) is 4. The van der Waals surface area contributed by atoms with Crippen molar-refractivity contribution < 1.29 is 14.4 Å². The molecule has 3 aliphatic rings. The normalized spacial score (nSPS) is 27.2. The van der Waals surface area contributed by atoms with Crippen LogP contribution in [0.3, 0.4) is 0 Å². The molecule has 1 saturated carbocycles. The first kappa shape index (κ1) is 17.2. The minimum Gasteiger partial charge on any atom is -0.281 e. The van der Waals surface area contributed by atoms with Crippen LogP contribution in [0.1, 0.15) is 43.7 Å². The van der Waals surface area contributed by atoms with Crippen molar-refractivity contribution in [1.82, 2.24) is 14.7 Å². The van der Waals surface area contributed by atoms with Gasteiger partial charge >= 0.3 is 17.8 Å². The van der Waals surface area contributed by atoms with Crippen LogP contribution < -0.4 is 0 Å². The van der Waals surface area contributed by atoms with E-state index in [4.69, 9.17) is 0 Å². The monoisotopic (exact) mass is 355 g/mol. The first-order chi connectivity index (χ1) is 12.6. The van der Waals surface area contributed by atoms with Crippen LogP contribution in [0.4, 0.5) is 4.79 Å². The number of rotatable bonds is 3. The van der Waals surface area contributed by atoms with Crippen molar-refractivity contribution in [3.63, 3.8) is 0 Å². The molecule has 0 spiro atoms. The van der Waals surface area contributed by atoms with Crippen molar-refractivity contribution >= 4 is 17.8 Å². The molecule has 2 aliphatic heterocycles. The number of fused-ring (bicyclic) bond motifs is 1. The van der Waals surface area contributed by atoms with Crippen LogP contribution in [-0.2, 0) is 22.6 Å². The second kappa shape index (κ2) is 6.83. The highest BCUT2D eigenvalue weighted by Crippen LogP contribution is 2.31. The molecule has 1 saturated heterocycles. The van der Waals surface area contributed by atoms with Gasteiger partial charge in [0.2, 0.25) is 0 Å². The fourth-order valence-corrected chi connectivity index (χ4v) is 4.49. The van der Waals surface area contributed by atoms with E-state index >= 15 is 0 Å². The molecule has 2 atom stereocenters. The summed E-state index contributed by atoms with van der Waals surface area (Å²) in [6, 6.07) is 7.66. The number of urea groups is 1. The third-order valence-electron chi connectivity index (χ3n) is 6.03. The van der Waals surface area contributed by atoms with Crippen molar-refractivity contribution in [2.24, 2.45) is 5.92 Å². The van der Waals surface area contributed by atoms with Gasteiger partial charge in [-0.25, -0.2) is 9.69 Å². The highest BCUT2D eigenvalue weighted by Gasteiger charge is 2.49. The molecular weight excluding hydrogens is 330 g/mol. The number of carbonyl (C=O) groups is 3. The average molecular weight is 355 g/mol. The standard InChI is InChI=1S/C20H25N3O3/c1-14-6-2-5-9-17(14)23-19(25)18(24)22(20(23)26)13-21-11-10-15-7-3-4-8-16(15)12-21/h3-4,7-8,14,17H,2,5-6,9-13H2,1H3/t14-,17+/m1/s1. The number of carbonyl (C=O) groups excluding carboxylic acids is 3. The highest BCUT2D eigenvalue weighted by atomic mass is 16.2. The SMILES string of the molecule is C[C@@H]1CCCC[C@@H]1N1C(=O)C(=O)N(CN2CCc3ccccc3C2)C1=O. The molecule has 0 unspecified atom stereocenters. The van der Waals surface area contributed by atoms with Gasteiger partial charge in [0, 0.05) is 19.1 Å². The van der Waals surface area contributed by atoms with Crippen LogP contribution >= 0.6 is 0 Å². The summed E-state index contributed by atoms with van der Waals surface area (Å²) in [6.45, 7) is 3.73. The topological polar surface area (TPSA) is 60.9 Å². The molecule has 0 radical (unpaired) electrons. The molecule has 2 fully saturated rings. The van der Waals surface area contributed by atoms with Crippen molar-refractivity contribution in [3.05, 3.63) is 35.4 Å². The van der Waals surface area contributed by atoms with Crippen LogP contribution in [0.5, 0.6) is 0 Å². The van der Waals surface area contributed by atoms with E-state index in [1.807, 2.05) is 12.1 Å². The van der Waals surface area contributed by atoms with E-state index in [0.29, 0.717) is 6.54 Å². The van der Waals surface area contributed by atoms with Gasteiger partial charge in [0.25, 0.3) is 0 Å². The Morgan fingerprint density at radius 2 is 1.73 bits per heavy atom. The van der Waals surface area contributed by atoms with Gasteiger partial charge in [0.15, 0.2) is 0 Å². The number of imide groups is 2. The number of hydrogen-bond donors (Lipinski definition) is 0. The average Bonchev–Trinajstić information content (AvgIpc) is 2.86. The first-order valence-corrected chi connectivity index (χ1v) is 9.54. The summed E-state index contributed by atoms with van der Waals surface area (Å²) in [7, 11) is 0. The Hall–Kier alpha value is -2.21. The van der Waals surface area contributed by atoms with Gasteiger partial charge in [-0.05, 0) is 36.3 Å². The molecule has 1 aromatic rings. The molecule has 26 heavy (non-hydrogen) atoms. The van der Waals surface area contributed by atoms with E-state index in [2.05, 4.69) is 24.0 Å². The zero-order chi connectivity index (χ0) is 18.3. The lowest BCUT2D eigenvalue weighted by Gasteiger charge is -2.35.